The topological polar surface area (TPSA) is 28.4 Å². The van der Waals surface area contributed by atoms with Gasteiger partial charge in [0, 0.05) is 11.4 Å². The largest absolute Gasteiger partial charge is 0.459 e. The van der Waals surface area contributed by atoms with Gasteiger partial charge in [0.15, 0.2) is 0 Å². The fourth-order valence-corrected chi connectivity index (χ4v) is 2.83. The highest BCUT2D eigenvalue weighted by Crippen LogP contribution is 2.24. The summed E-state index contributed by atoms with van der Waals surface area (Å²) in [7, 11) is 2.19. The first-order valence-corrected chi connectivity index (χ1v) is 7.15. The molecule has 3 rings (SSSR count). The Kier molecular flexibility index (Phi) is 3.58. The molecule has 3 heteroatoms. The van der Waals surface area contributed by atoms with Gasteiger partial charge in [-0.15, -0.1) is 0 Å². The Hall–Kier alpha value is -1.32. The van der Waals surface area contributed by atoms with Crippen LogP contribution in [0, 0.1) is 0 Å². The predicted molar refractivity (Wildman–Crippen MR) is 78.3 cm³/mol. The zero-order valence-corrected chi connectivity index (χ0v) is 11.7. The summed E-state index contributed by atoms with van der Waals surface area (Å²) in [5.41, 5.74) is 0.981. The number of hydrogen-bond acceptors (Lipinski definition) is 3. The molecule has 0 saturated carbocycles. The van der Waals surface area contributed by atoms with Crippen molar-refractivity contribution in [3.8, 4) is 0 Å². The van der Waals surface area contributed by atoms with Gasteiger partial charge >= 0.3 is 0 Å². The number of nitrogens with one attached hydrogen (secondary N) is 1. The monoisotopic (exact) mass is 258 g/mol. The van der Waals surface area contributed by atoms with Gasteiger partial charge in [-0.2, -0.15) is 0 Å². The highest BCUT2D eigenvalue weighted by Gasteiger charge is 2.20. The molecule has 102 valence electrons. The number of hydrogen-bond donors (Lipinski definition) is 1. The van der Waals surface area contributed by atoms with Gasteiger partial charge in [0.05, 0.1) is 6.04 Å². The maximum Gasteiger partial charge on any atom is 0.134 e. The van der Waals surface area contributed by atoms with Crippen LogP contribution in [0.5, 0.6) is 0 Å². The average molecular weight is 258 g/mol. The van der Waals surface area contributed by atoms with Gasteiger partial charge < -0.3 is 14.6 Å². The highest BCUT2D eigenvalue weighted by molar-refractivity contribution is 5.77. The van der Waals surface area contributed by atoms with Gasteiger partial charge in [-0.1, -0.05) is 18.2 Å². The molecule has 19 heavy (non-hydrogen) atoms. The fraction of sp³-hybridized carbons (Fsp3) is 0.500. The summed E-state index contributed by atoms with van der Waals surface area (Å²) in [6.45, 7) is 4.56. The summed E-state index contributed by atoms with van der Waals surface area (Å²) in [5, 5.41) is 4.89. The van der Waals surface area contributed by atoms with E-state index in [9.17, 15) is 0 Å². The van der Waals surface area contributed by atoms with E-state index in [1.807, 2.05) is 12.1 Å². The van der Waals surface area contributed by atoms with E-state index in [1.165, 1.54) is 31.3 Å². The molecule has 3 nitrogen and oxygen atoms in total. The van der Waals surface area contributed by atoms with Crippen molar-refractivity contribution in [2.45, 2.75) is 31.8 Å². The van der Waals surface area contributed by atoms with Crippen LogP contribution in [0.15, 0.2) is 34.7 Å². The SMILES string of the molecule is CC(NC1CCN(C)CC1)c1cc2ccccc2o1. The minimum Gasteiger partial charge on any atom is -0.459 e. The maximum atomic E-state index is 5.92. The van der Waals surface area contributed by atoms with Crippen LogP contribution in [0.25, 0.3) is 11.0 Å². The summed E-state index contributed by atoms with van der Waals surface area (Å²) in [4.78, 5) is 2.39. The number of para-hydroxylation sites is 1. The quantitative estimate of drug-likeness (QED) is 0.916. The second kappa shape index (κ2) is 5.35. The number of nitrogens with zero attached hydrogens (tertiary/aromatic N) is 1. The summed E-state index contributed by atoms with van der Waals surface area (Å²) >= 11 is 0. The highest BCUT2D eigenvalue weighted by atomic mass is 16.3. The van der Waals surface area contributed by atoms with E-state index >= 15 is 0 Å². The van der Waals surface area contributed by atoms with Crippen LogP contribution < -0.4 is 5.32 Å². The van der Waals surface area contributed by atoms with Crippen molar-refractivity contribution in [2.24, 2.45) is 0 Å². The van der Waals surface area contributed by atoms with Crippen molar-refractivity contribution < 1.29 is 4.42 Å². The Morgan fingerprint density at radius 2 is 2.00 bits per heavy atom. The number of likely N-dealkylation sites (tertiary alicyclic amines) is 1. The zero-order valence-electron chi connectivity index (χ0n) is 11.7. The van der Waals surface area contributed by atoms with Crippen molar-refractivity contribution >= 4 is 11.0 Å². The molecule has 2 aromatic rings. The van der Waals surface area contributed by atoms with Crippen molar-refractivity contribution in [3.05, 3.63) is 36.1 Å². The van der Waals surface area contributed by atoms with Crippen molar-refractivity contribution in [3.63, 3.8) is 0 Å². The molecule has 1 N–H and O–H groups in total. The first kappa shape index (κ1) is 12.7. The van der Waals surface area contributed by atoms with E-state index in [2.05, 4.69) is 42.4 Å². The third kappa shape index (κ3) is 2.82. The Labute approximate surface area is 114 Å². The van der Waals surface area contributed by atoms with Crippen LogP contribution in [0.3, 0.4) is 0 Å². The molecule has 0 spiro atoms. The first-order valence-electron chi connectivity index (χ1n) is 7.15. The van der Waals surface area contributed by atoms with Crippen molar-refractivity contribution in [1.82, 2.24) is 10.2 Å². The number of piperidine rings is 1. The van der Waals surface area contributed by atoms with Crippen molar-refractivity contribution in [1.29, 1.82) is 0 Å². The van der Waals surface area contributed by atoms with E-state index in [0.29, 0.717) is 6.04 Å². The first-order chi connectivity index (χ1) is 9.22. The molecule has 1 aliphatic rings. The standard InChI is InChI=1S/C16H22N2O/c1-12(17-14-7-9-18(2)10-8-14)16-11-13-5-3-4-6-15(13)19-16/h3-6,11-12,14,17H,7-10H2,1-2H3. The maximum absolute atomic E-state index is 5.92. The number of furan rings is 1. The van der Waals surface area contributed by atoms with Gasteiger partial charge in [0.2, 0.25) is 0 Å². The third-order valence-electron chi connectivity index (χ3n) is 4.08. The number of rotatable bonds is 3. The van der Waals surface area contributed by atoms with E-state index in [0.717, 1.165) is 11.3 Å². The summed E-state index contributed by atoms with van der Waals surface area (Å²) < 4.78 is 5.92. The Bertz CT molecular complexity index is 507. The molecule has 1 aliphatic heterocycles. The van der Waals surface area contributed by atoms with Gasteiger partial charge in [-0.25, -0.2) is 0 Å². The molecule has 1 saturated heterocycles. The molecular formula is C16H22N2O. The summed E-state index contributed by atoms with van der Waals surface area (Å²) in [6, 6.07) is 11.2. The molecule has 2 heterocycles. The smallest absolute Gasteiger partial charge is 0.134 e. The fourth-order valence-electron chi connectivity index (χ4n) is 2.83. The lowest BCUT2D eigenvalue weighted by molar-refractivity contribution is 0.223. The lowest BCUT2D eigenvalue weighted by Crippen LogP contribution is -2.41. The molecule has 1 unspecified atom stereocenters. The second-order valence-corrected chi connectivity index (χ2v) is 5.65. The average Bonchev–Trinajstić information content (AvgIpc) is 2.85. The van der Waals surface area contributed by atoms with Gasteiger partial charge in [-0.3, -0.25) is 0 Å². The van der Waals surface area contributed by atoms with E-state index in [4.69, 9.17) is 4.42 Å². The molecule has 1 aromatic carbocycles. The second-order valence-electron chi connectivity index (χ2n) is 5.65. The van der Waals surface area contributed by atoms with Crippen LogP contribution in [0.2, 0.25) is 0 Å². The molecule has 0 radical (unpaired) electrons. The minimum atomic E-state index is 0.279. The van der Waals surface area contributed by atoms with E-state index < -0.39 is 0 Å². The molecule has 0 aliphatic carbocycles. The zero-order chi connectivity index (χ0) is 13.2. The summed E-state index contributed by atoms with van der Waals surface area (Å²) in [5.74, 6) is 1.04. The van der Waals surface area contributed by atoms with Crippen LogP contribution in [-0.4, -0.2) is 31.1 Å². The van der Waals surface area contributed by atoms with Gasteiger partial charge in [0.1, 0.15) is 11.3 Å². The Balaban J connectivity index is 1.68. The van der Waals surface area contributed by atoms with Crippen LogP contribution in [0.4, 0.5) is 0 Å². The van der Waals surface area contributed by atoms with Gasteiger partial charge in [-0.05, 0) is 52.0 Å². The van der Waals surface area contributed by atoms with E-state index in [1.54, 1.807) is 0 Å². The lowest BCUT2D eigenvalue weighted by atomic mass is 10.0. The van der Waals surface area contributed by atoms with E-state index in [-0.39, 0.29) is 6.04 Å². The predicted octanol–water partition coefficient (Wildman–Crippen LogP) is 3.18. The molecule has 1 atom stereocenters. The molecule has 1 fully saturated rings. The molecular weight excluding hydrogens is 236 g/mol. The molecule has 0 bridgehead atoms. The van der Waals surface area contributed by atoms with Crippen molar-refractivity contribution in [2.75, 3.05) is 20.1 Å². The Morgan fingerprint density at radius 1 is 1.26 bits per heavy atom. The molecule has 0 amide bonds. The Morgan fingerprint density at radius 3 is 2.74 bits per heavy atom. The third-order valence-corrected chi connectivity index (χ3v) is 4.08. The van der Waals surface area contributed by atoms with Crippen LogP contribution in [0.1, 0.15) is 31.6 Å². The summed E-state index contributed by atoms with van der Waals surface area (Å²) in [6.07, 6.45) is 2.45. The van der Waals surface area contributed by atoms with Crippen LogP contribution >= 0.6 is 0 Å². The normalized spacial score (nSPS) is 19.9. The van der Waals surface area contributed by atoms with Crippen LogP contribution in [-0.2, 0) is 0 Å². The molecule has 1 aromatic heterocycles. The number of benzene rings is 1. The van der Waals surface area contributed by atoms with Gasteiger partial charge in [0.25, 0.3) is 0 Å². The lowest BCUT2D eigenvalue weighted by Gasteiger charge is -2.31. The minimum absolute atomic E-state index is 0.279. The number of fused-ring (bicyclic) bond motifs is 1.